The van der Waals surface area contributed by atoms with Gasteiger partial charge in [0, 0.05) is 84.8 Å². The second-order valence-corrected chi connectivity index (χ2v) is 30.0. The van der Waals surface area contributed by atoms with E-state index in [1.165, 1.54) is 19.6 Å². The van der Waals surface area contributed by atoms with Crippen LogP contribution in [0.3, 0.4) is 0 Å². The van der Waals surface area contributed by atoms with Crippen LogP contribution in [0.1, 0.15) is 0 Å². The van der Waals surface area contributed by atoms with Gasteiger partial charge in [-0.2, -0.15) is 139 Å². The van der Waals surface area contributed by atoms with Gasteiger partial charge in [-0.15, -0.1) is 132 Å². The molecule has 0 saturated heterocycles. The molecule has 20 aromatic rings. The van der Waals surface area contributed by atoms with E-state index in [1.54, 1.807) is 60.7 Å². The Bertz CT molecular complexity index is 5700. The van der Waals surface area contributed by atoms with Gasteiger partial charge in [0.25, 0.3) is 0 Å². The summed E-state index contributed by atoms with van der Waals surface area (Å²) in [6.45, 7) is 0. The van der Waals surface area contributed by atoms with E-state index in [0.717, 1.165) is 137 Å². The van der Waals surface area contributed by atoms with Crippen molar-refractivity contribution in [1.82, 2.24) is 39.9 Å². The van der Waals surface area contributed by atoms with Crippen LogP contribution >= 0.6 is 23.5 Å². The van der Waals surface area contributed by atoms with Crippen molar-refractivity contribution in [3.63, 3.8) is 0 Å². The van der Waals surface area contributed by atoms with Crippen molar-refractivity contribution in [1.29, 1.82) is 0 Å². The first-order valence-electron chi connectivity index (χ1n) is 41.0. The van der Waals surface area contributed by atoms with Gasteiger partial charge < -0.3 is 49.0 Å². The summed E-state index contributed by atoms with van der Waals surface area (Å²) >= 11 is 3.56. The largest absolute Gasteiger partial charge is 3.00 e. The summed E-state index contributed by atoms with van der Waals surface area (Å²) < 4.78 is 11.9. The average molecular weight is 2460 g/mol. The molecule has 647 valence electrons. The van der Waals surface area contributed by atoms with Crippen LogP contribution in [0.2, 0.25) is 0 Å². The summed E-state index contributed by atoms with van der Waals surface area (Å²) in [5.41, 5.74) is 16.2. The van der Waals surface area contributed by atoms with Crippen molar-refractivity contribution in [2.24, 2.45) is 0 Å². The van der Waals surface area contributed by atoms with Crippen LogP contribution in [0.5, 0.6) is 23.0 Å². The van der Waals surface area contributed by atoms with E-state index >= 15 is 0 Å². The van der Waals surface area contributed by atoms with Gasteiger partial charge in [-0.05, 0) is 144 Å². The van der Waals surface area contributed by atoms with E-state index in [9.17, 15) is 0 Å². The normalized spacial score (nSPS) is 11.1. The summed E-state index contributed by atoms with van der Waals surface area (Å²) in [7, 11) is 0. The Kier molecular flexibility index (Phi) is 36.0. The Morgan fingerprint density at radius 2 is 0.485 bits per heavy atom. The fourth-order valence-electron chi connectivity index (χ4n) is 13.7. The van der Waals surface area contributed by atoms with Crippen molar-refractivity contribution in [3.8, 4) is 67.9 Å². The Morgan fingerprint density at radius 3 is 0.811 bits per heavy atom. The molecule has 12 aromatic carbocycles. The second-order valence-electron chi connectivity index (χ2n) is 27.8. The molecule has 4 aliphatic heterocycles. The van der Waals surface area contributed by atoms with Crippen LogP contribution in [-0.2, 0) is 82.3 Å². The molecule has 0 spiro atoms. The molecular formula is C112H75Ir2N12O2Pt2S2-2. The zero-order chi connectivity index (χ0) is 86.4. The van der Waals surface area contributed by atoms with E-state index in [2.05, 4.69) is 175 Å². The van der Waals surface area contributed by atoms with Gasteiger partial charge in [0.15, 0.2) is 0 Å². The summed E-state index contributed by atoms with van der Waals surface area (Å²) in [6.07, 6.45) is 17.2. The number of ether oxygens (including phenoxy) is 2. The van der Waals surface area contributed by atoms with E-state index in [0.29, 0.717) is 0 Å². The number of benzene rings is 12. The van der Waals surface area contributed by atoms with Crippen molar-refractivity contribution < 1.29 is 91.8 Å². The van der Waals surface area contributed by atoms with Crippen LogP contribution in [0.4, 0.5) is 68.8 Å². The number of hydrogen-bond donors (Lipinski definition) is 0. The average Bonchev–Trinajstić information content (AvgIpc) is 0.778. The third-order valence-electron chi connectivity index (χ3n) is 19.5. The molecule has 14 nitrogen and oxygen atoms in total. The number of aromatic nitrogens is 8. The van der Waals surface area contributed by atoms with Gasteiger partial charge in [-0.25, -0.2) is 31.1 Å². The third-order valence-corrected chi connectivity index (χ3v) is 21.7. The quantitative estimate of drug-likeness (QED) is 0.133. The number of para-hydroxylation sites is 10. The summed E-state index contributed by atoms with van der Waals surface area (Å²) in [4.78, 5) is 47.8. The number of pyridine rings is 8. The Labute approximate surface area is 834 Å². The molecule has 0 N–H and O–H groups in total. The molecule has 0 fully saturated rings. The van der Waals surface area contributed by atoms with Gasteiger partial charge in [0.05, 0.1) is 22.7 Å². The number of nitrogens with zero attached hydrogens (tertiary/aromatic N) is 12. The number of rotatable bonds is 8. The standard InChI is InChI=1S/2C17H11N2O.2C17H11N2S.3C11H8N.C11H7N.2Ir.2Pt/c4*1-3-9-15-13(7-1)19(17-11-5-6-12-18-17)14-8-2-4-10-16(14)20-15;3*1-2-6-10(7-3-1)11-8-4-5-9-12-11;1-2-5-10(6-3-1)11-7-4-8-12-9-11;;;;/h4*1-7,9-12H;3*1-6,8-9H;1-5,7-8H;;;;/q7*-1;-2;;+3;2*+2. The van der Waals surface area contributed by atoms with Crippen molar-refractivity contribution in [2.75, 3.05) is 19.6 Å². The molecule has 0 saturated carbocycles. The van der Waals surface area contributed by atoms with Crippen molar-refractivity contribution >= 4 is 92.3 Å². The molecule has 0 bridgehead atoms. The number of hydrogen-bond acceptors (Lipinski definition) is 16. The van der Waals surface area contributed by atoms with E-state index in [1.807, 2.05) is 358 Å². The molecule has 20 heteroatoms. The Morgan fingerprint density at radius 1 is 0.212 bits per heavy atom. The molecular weight excluding hydrogens is 2380 g/mol. The minimum absolute atomic E-state index is 0. The van der Waals surface area contributed by atoms with Gasteiger partial charge in [0.2, 0.25) is 0 Å². The van der Waals surface area contributed by atoms with Crippen LogP contribution < -0.4 is 29.1 Å². The number of fused-ring (bicyclic) bond motifs is 8. The van der Waals surface area contributed by atoms with Crippen LogP contribution in [0, 0.1) is 54.7 Å². The smallest absolute Gasteiger partial charge is 0.513 e. The molecule has 12 heterocycles. The van der Waals surface area contributed by atoms with Crippen molar-refractivity contribution in [2.45, 2.75) is 19.6 Å². The van der Waals surface area contributed by atoms with Crippen LogP contribution in [0.25, 0.3) is 44.9 Å². The van der Waals surface area contributed by atoms with Gasteiger partial charge in [-0.3, -0.25) is 0 Å². The minimum Gasteiger partial charge on any atom is -0.513 e. The number of anilines is 12. The predicted molar refractivity (Wildman–Crippen MR) is 512 cm³/mol. The Hall–Kier alpha value is -14.0. The summed E-state index contributed by atoms with van der Waals surface area (Å²) in [5, 5.41) is 0. The van der Waals surface area contributed by atoms with Crippen LogP contribution in [-0.4, -0.2) is 39.9 Å². The molecule has 0 atom stereocenters. The maximum atomic E-state index is 5.93. The van der Waals surface area contributed by atoms with E-state index < -0.39 is 0 Å². The molecule has 4 aliphatic rings. The van der Waals surface area contributed by atoms with E-state index in [4.69, 9.17) is 9.47 Å². The monoisotopic (exact) mass is 2460 g/mol. The first-order chi connectivity index (χ1) is 63.6. The second kappa shape index (κ2) is 49.7. The van der Waals surface area contributed by atoms with E-state index in [-0.39, 0.29) is 82.3 Å². The molecule has 24 rings (SSSR count). The molecule has 0 amide bonds. The molecule has 0 aliphatic carbocycles. The predicted octanol–water partition coefficient (Wildman–Crippen LogP) is 28.5. The zero-order valence-corrected chi connectivity index (χ0v) is 81.1. The first-order valence-corrected chi connectivity index (χ1v) is 42.6. The minimum atomic E-state index is 0. The summed E-state index contributed by atoms with van der Waals surface area (Å²) in [5.74, 6) is 6.77. The fourth-order valence-corrected chi connectivity index (χ4v) is 15.8. The molecule has 1 radical (unpaired) electrons. The van der Waals surface area contributed by atoms with Crippen molar-refractivity contribution in [3.05, 3.63) is 511 Å². The third kappa shape index (κ3) is 24.6. The summed E-state index contributed by atoms with van der Waals surface area (Å²) in [6, 6.07) is 158. The topological polar surface area (TPSA) is 135 Å². The molecule has 8 aromatic heterocycles. The zero-order valence-electron chi connectivity index (χ0n) is 70.1. The SMILES string of the molecule is [Ir+3].[Ir].[Pt+2].[Pt+2].[c-]1cccc2c1N(c1ccccn1)c1ccccc1O2.[c-]1cccc2c1N(c1ccccn1)c1ccccc1O2.[c-]1cccc2c1N(c1ccccn1)c1ccccc1S2.[c-]1cccc2c1N(c1ccccn1)c1ccccc1S2.[c-]1ccccc1-c1[c-]nccc1.[c-]1ccccc1-c1ccccn1.[c-]1ccccc1-c1ccccn1.[c-]1ccccc1-c1ccccn1. The molecule has 0 unspecified atom stereocenters. The van der Waals surface area contributed by atoms with Crippen LogP contribution in [0.15, 0.2) is 476 Å². The fraction of sp³-hybridized carbons (Fsp3) is 0. The van der Waals surface area contributed by atoms with Gasteiger partial charge in [0.1, 0.15) is 34.8 Å². The van der Waals surface area contributed by atoms with Gasteiger partial charge >= 0.3 is 62.2 Å². The maximum Gasteiger partial charge on any atom is 3.00 e. The first kappa shape index (κ1) is 95.6. The van der Waals surface area contributed by atoms with Gasteiger partial charge in [-0.1, -0.05) is 143 Å². The maximum absolute atomic E-state index is 5.93. The Balaban J connectivity index is 0.000000129. The molecule has 132 heavy (non-hydrogen) atoms.